The highest BCUT2D eigenvalue weighted by atomic mass is 79.9. The molecule has 2 aliphatic rings. The number of methoxy groups -OCH3 is 1. The molecule has 1 N–H and O–H groups in total. The summed E-state index contributed by atoms with van der Waals surface area (Å²) < 4.78 is 6.44. The average Bonchev–Trinajstić information content (AvgIpc) is 2.82. The van der Waals surface area contributed by atoms with E-state index in [1.165, 1.54) is 32.1 Å². The molecule has 1 aliphatic heterocycles. The molecule has 5 heteroatoms. The lowest BCUT2D eigenvalue weighted by Gasteiger charge is -2.29. The van der Waals surface area contributed by atoms with Crippen molar-refractivity contribution >= 4 is 38.5 Å². The first-order valence-electron chi connectivity index (χ1n) is 7.04. The van der Waals surface area contributed by atoms with Crippen LogP contribution in [0.1, 0.15) is 32.1 Å². The zero-order valence-corrected chi connectivity index (χ0v) is 14.0. The number of anilines is 1. The van der Waals surface area contributed by atoms with Gasteiger partial charge < -0.3 is 10.1 Å². The first kappa shape index (κ1) is 14.3. The van der Waals surface area contributed by atoms with Crippen molar-refractivity contribution in [3.05, 3.63) is 22.7 Å². The zero-order chi connectivity index (χ0) is 14.0. The SMILES string of the molecule is COc1ccc(Br)cc1NC1=NC2(CCCCC2)CS1. The van der Waals surface area contributed by atoms with Crippen molar-refractivity contribution in [1.82, 2.24) is 0 Å². The largest absolute Gasteiger partial charge is 0.495 e. The molecule has 1 fully saturated rings. The highest BCUT2D eigenvalue weighted by molar-refractivity contribution is 9.10. The van der Waals surface area contributed by atoms with E-state index >= 15 is 0 Å². The van der Waals surface area contributed by atoms with Crippen molar-refractivity contribution in [2.24, 2.45) is 4.99 Å². The number of halogens is 1. The van der Waals surface area contributed by atoms with E-state index in [0.29, 0.717) is 0 Å². The molecule has 0 aromatic heterocycles. The van der Waals surface area contributed by atoms with Crippen LogP contribution in [0.4, 0.5) is 5.69 Å². The first-order valence-corrected chi connectivity index (χ1v) is 8.82. The maximum Gasteiger partial charge on any atom is 0.161 e. The van der Waals surface area contributed by atoms with Crippen LogP contribution in [0.5, 0.6) is 5.75 Å². The van der Waals surface area contributed by atoms with Gasteiger partial charge >= 0.3 is 0 Å². The van der Waals surface area contributed by atoms with E-state index in [0.717, 1.165) is 26.8 Å². The Morgan fingerprint density at radius 1 is 1.30 bits per heavy atom. The van der Waals surface area contributed by atoms with Crippen LogP contribution in [0.2, 0.25) is 0 Å². The molecule has 1 spiro atoms. The van der Waals surface area contributed by atoms with E-state index in [1.54, 1.807) is 7.11 Å². The minimum Gasteiger partial charge on any atom is -0.495 e. The van der Waals surface area contributed by atoms with Crippen LogP contribution in [0.15, 0.2) is 27.7 Å². The molecule has 1 saturated carbocycles. The standard InChI is InChI=1S/C15H19BrN2OS/c1-19-13-6-5-11(16)9-12(13)17-14-18-15(10-20-14)7-3-2-4-8-15/h5-6,9H,2-4,7-8,10H2,1H3,(H,17,18). The summed E-state index contributed by atoms with van der Waals surface area (Å²) in [6.45, 7) is 0. The lowest BCUT2D eigenvalue weighted by molar-refractivity contribution is 0.335. The predicted octanol–water partition coefficient (Wildman–Crippen LogP) is 4.68. The summed E-state index contributed by atoms with van der Waals surface area (Å²) in [5.41, 5.74) is 1.17. The fourth-order valence-corrected chi connectivity index (χ4v) is 4.47. The third-order valence-electron chi connectivity index (χ3n) is 4.00. The smallest absolute Gasteiger partial charge is 0.161 e. The molecule has 0 radical (unpaired) electrons. The quantitative estimate of drug-likeness (QED) is 0.837. The van der Waals surface area contributed by atoms with Gasteiger partial charge in [-0.05, 0) is 31.0 Å². The van der Waals surface area contributed by atoms with Gasteiger partial charge in [0.25, 0.3) is 0 Å². The second kappa shape index (κ2) is 5.98. The van der Waals surface area contributed by atoms with Crippen LogP contribution in [0.3, 0.4) is 0 Å². The van der Waals surface area contributed by atoms with Crippen LogP contribution in [-0.2, 0) is 0 Å². The molecular weight excluding hydrogens is 336 g/mol. The van der Waals surface area contributed by atoms with Crippen molar-refractivity contribution in [3.63, 3.8) is 0 Å². The Morgan fingerprint density at radius 3 is 2.85 bits per heavy atom. The Bertz CT molecular complexity index is 527. The van der Waals surface area contributed by atoms with E-state index in [4.69, 9.17) is 9.73 Å². The van der Waals surface area contributed by atoms with Gasteiger partial charge in [-0.3, -0.25) is 4.99 Å². The highest BCUT2D eigenvalue weighted by Crippen LogP contribution is 2.40. The molecule has 0 bridgehead atoms. The second-order valence-electron chi connectivity index (χ2n) is 5.46. The Hall–Kier alpha value is -0.680. The van der Waals surface area contributed by atoms with Gasteiger partial charge in [-0.1, -0.05) is 47.0 Å². The van der Waals surface area contributed by atoms with Gasteiger partial charge in [0.05, 0.1) is 18.3 Å². The summed E-state index contributed by atoms with van der Waals surface area (Å²) in [6.07, 6.45) is 6.47. The molecule has 1 aromatic rings. The number of hydrogen-bond donors (Lipinski definition) is 1. The molecule has 108 valence electrons. The lowest BCUT2D eigenvalue weighted by Crippen LogP contribution is -2.29. The summed E-state index contributed by atoms with van der Waals surface area (Å²) in [7, 11) is 1.70. The van der Waals surface area contributed by atoms with Crippen molar-refractivity contribution in [1.29, 1.82) is 0 Å². The summed E-state index contributed by atoms with van der Waals surface area (Å²) in [5, 5.41) is 4.46. The number of benzene rings is 1. The Kier molecular flexibility index (Phi) is 4.26. The fraction of sp³-hybridized carbons (Fsp3) is 0.533. The third-order valence-corrected chi connectivity index (χ3v) is 5.65. The molecule has 1 heterocycles. The minimum absolute atomic E-state index is 0.199. The summed E-state index contributed by atoms with van der Waals surface area (Å²) in [4.78, 5) is 4.98. The third kappa shape index (κ3) is 2.98. The molecule has 3 nitrogen and oxygen atoms in total. The van der Waals surface area contributed by atoms with Crippen LogP contribution >= 0.6 is 27.7 Å². The molecule has 20 heavy (non-hydrogen) atoms. The van der Waals surface area contributed by atoms with Crippen LogP contribution in [0, 0.1) is 0 Å². The first-order chi connectivity index (χ1) is 9.71. The maximum atomic E-state index is 5.40. The van der Waals surface area contributed by atoms with Gasteiger partial charge in [-0.15, -0.1) is 0 Å². The van der Waals surface area contributed by atoms with Crippen molar-refractivity contribution in [2.45, 2.75) is 37.6 Å². The van der Waals surface area contributed by atoms with Gasteiger partial charge in [0.2, 0.25) is 0 Å². The predicted molar refractivity (Wildman–Crippen MR) is 90.0 cm³/mol. The zero-order valence-electron chi connectivity index (χ0n) is 11.6. The van der Waals surface area contributed by atoms with Crippen molar-refractivity contribution in [2.75, 3.05) is 18.2 Å². The van der Waals surface area contributed by atoms with E-state index in [-0.39, 0.29) is 5.54 Å². The molecular formula is C15H19BrN2OS. The van der Waals surface area contributed by atoms with E-state index < -0.39 is 0 Å². The second-order valence-corrected chi connectivity index (χ2v) is 7.34. The van der Waals surface area contributed by atoms with E-state index in [9.17, 15) is 0 Å². The van der Waals surface area contributed by atoms with Crippen molar-refractivity contribution in [3.8, 4) is 5.75 Å². The highest BCUT2D eigenvalue weighted by Gasteiger charge is 2.36. The van der Waals surface area contributed by atoms with Crippen LogP contribution in [0.25, 0.3) is 0 Å². The Labute approximate surface area is 132 Å². The van der Waals surface area contributed by atoms with Crippen LogP contribution in [-0.4, -0.2) is 23.6 Å². The number of aliphatic imine (C=N–C) groups is 1. The number of hydrogen-bond acceptors (Lipinski definition) is 4. The molecule has 3 rings (SSSR count). The Balaban J connectivity index is 1.78. The Morgan fingerprint density at radius 2 is 2.10 bits per heavy atom. The number of nitrogens with zero attached hydrogens (tertiary/aromatic N) is 1. The lowest BCUT2D eigenvalue weighted by atomic mass is 9.84. The van der Waals surface area contributed by atoms with Crippen molar-refractivity contribution < 1.29 is 4.74 Å². The van der Waals surface area contributed by atoms with Gasteiger partial charge in [-0.2, -0.15) is 0 Å². The van der Waals surface area contributed by atoms with Gasteiger partial charge in [-0.25, -0.2) is 0 Å². The summed E-state index contributed by atoms with van der Waals surface area (Å²) in [6, 6.07) is 5.98. The number of rotatable bonds is 2. The number of ether oxygens (including phenoxy) is 1. The monoisotopic (exact) mass is 354 g/mol. The number of amidine groups is 1. The molecule has 0 saturated heterocycles. The van der Waals surface area contributed by atoms with E-state index in [2.05, 4.69) is 21.2 Å². The fourth-order valence-electron chi connectivity index (χ4n) is 2.91. The van der Waals surface area contributed by atoms with Gasteiger partial charge in [0, 0.05) is 10.2 Å². The number of thioether (sulfide) groups is 1. The van der Waals surface area contributed by atoms with E-state index in [1.807, 2.05) is 30.0 Å². The molecule has 0 unspecified atom stereocenters. The normalized spacial score (nSPS) is 20.8. The molecule has 0 atom stereocenters. The molecule has 1 aromatic carbocycles. The molecule has 1 aliphatic carbocycles. The van der Waals surface area contributed by atoms with Crippen LogP contribution < -0.4 is 10.1 Å². The van der Waals surface area contributed by atoms with Gasteiger partial charge in [0.1, 0.15) is 5.75 Å². The summed E-state index contributed by atoms with van der Waals surface area (Å²) >= 11 is 5.34. The van der Waals surface area contributed by atoms with Gasteiger partial charge in [0.15, 0.2) is 5.17 Å². The maximum absolute atomic E-state index is 5.40. The number of nitrogens with one attached hydrogen (secondary N) is 1. The average molecular weight is 355 g/mol. The minimum atomic E-state index is 0.199. The summed E-state index contributed by atoms with van der Waals surface area (Å²) in [5.74, 6) is 1.96. The molecule has 0 amide bonds. The topological polar surface area (TPSA) is 33.6 Å².